The van der Waals surface area contributed by atoms with E-state index < -0.39 is 10.0 Å². The molecule has 0 unspecified atom stereocenters. The van der Waals surface area contributed by atoms with Crippen LogP contribution in [-0.2, 0) is 16.4 Å². The summed E-state index contributed by atoms with van der Waals surface area (Å²) >= 11 is 0. The predicted octanol–water partition coefficient (Wildman–Crippen LogP) is 1.75. The molecule has 0 saturated heterocycles. The summed E-state index contributed by atoms with van der Waals surface area (Å²) in [6, 6.07) is 5.97. The number of nitrogens with one attached hydrogen (secondary N) is 3. The Balaban J connectivity index is 0.00000729. The second kappa shape index (κ2) is 14.7. The van der Waals surface area contributed by atoms with Crippen LogP contribution in [0.5, 0.6) is 11.5 Å². The molecule has 162 valence electrons. The minimum atomic E-state index is -3.16. The van der Waals surface area contributed by atoms with E-state index in [1.165, 1.54) is 5.56 Å². The second-order valence-electron chi connectivity index (χ2n) is 5.75. The van der Waals surface area contributed by atoms with Gasteiger partial charge in [-0.1, -0.05) is 6.07 Å². The molecular formula is C18H33IN4O4S. The van der Waals surface area contributed by atoms with Crippen molar-refractivity contribution in [3.8, 4) is 11.5 Å². The summed E-state index contributed by atoms with van der Waals surface area (Å²) < 4.78 is 36.1. The number of halogens is 1. The van der Waals surface area contributed by atoms with Crippen molar-refractivity contribution in [1.29, 1.82) is 0 Å². The van der Waals surface area contributed by atoms with E-state index in [0.717, 1.165) is 30.9 Å². The molecule has 1 aromatic rings. The van der Waals surface area contributed by atoms with Crippen molar-refractivity contribution in [3.63, 3.8) is 0 Å². The van der Waals surface area contributed by atoms with Gasteiger partial charge in [0, 0.05) is 26.7 Å². The van der Waals surface area contributed by atoms with E-state index in [-0.39, 0.29) is 29.7 Å². The van der Waals surface area contributed by atoms with Crippen LogP contribution in [0.1, 0.15) is 25.8 Å². The third kappa shape index (κ3) is 10.3. The molecule has 0 heterocycles. The molecule has 0 fully saturated rings. The number of aryl methyl sites for hydroxylation is 1. The number of hydrogen-bond donors (Lipinski definition) is 3. The zero-order valence-corrected chi connectivity index (χ0v) is 20.2. The van der Waals surface area contributed by atoms with Crippen LogP contribution >= 0.6 is 24.0 Å². The van der Waals surface area contributed by atoms with Gasteiger partial charge in [0.2, 0.25) is 10.0 Å². The molecule has 0 bridgehead atoms. The van der Waals surface area contributed by atoms with Gasteiger partial charge in [0.25, 0.3) is 0 Å². The van der Waals surface area contributed by atoms with Crippen LogP contribution in [0, 0.1) is 0 Å². The monoisotopic (exact) mass is 528 g/mol. The highest BCUT2D eigenvalue weighted by molar-refractivity contribution is 14.0. The average molecular weight is 528 g/mol. The minimum absolute atomic E-state index is 0. The molecule has 8 nitrogen and oxygen atoms in total. The highest BCUT2D eigenvalue weighted by Gasteiger charge is 2.06. The highest BCUT2D eigenvalue weighted by atomic mass is 127. The van der Waals surface area contributed by atoms with Crippen molar-refractivity contribution in [1.82, 2.24) is 15.4 Å². The Morgan fingerprint density at radius 3 is 2.43 bits per heavy atom. The topological polar surface area (TPSA) is 101 Å². The van der Waals surface area contributed by atoms with Crippen LogP contribution in [0.25, 0.3) is 0 Å². The lowest BCUT2D eigenvalue weighted by atomic mass is 10.1. The van der Waals surface area contributed by atoms with Gasteiger partial charge in [0.15, 0.2) is 17.5 Å². The van der Waals surface area contributed by atoms with Crippen LogP contribution in [0.15, 0.2) is 23.2 Å². The normalized spacial score (nSPS) is 11.5. The lowest BCUT2D eigenvalue weighted by molar-refractivity contribution is 0.310. The smallest absolute Gasteiger partial charge is 0.211 e. The van der Waals surface area contributed by atoms with Gasteiger partial charge in [-0.15, -0.1) is 24.0 Å². The Morgan fingerprint density at radius 2 is 1.82 bits per heavy atom. The van der Waals surface area contributed by atoms with Gasteiger partial charge >= 0.3 is 0 Å². The zero-order chi connectivity index (χ0) is 20.1. The number of benzene rings is 1. The van der Waals surface area contributed by atoms with Crippen molar-refractivity contribution >= 4 is 40.0 Å². The Hall–Kier alpha value is -1.27. The number of hydrogen-bond acceptors (Lipinski definition) is 5. The number of methoxy groups -OCH3 is 1. The lowest BCUT2D eigenvalue weighted by Crippen LogP contribution is -2.42. The van der Waals surface area contributed by atoms with Crippen molar-refractivity contribution in [2.75, 3.05) is 46.2 Å². The Morgan fingerprint density at radius 1 is 1.11 bits per heavy atom. The molecule has 0 aliphatic rings. The van der Waals surface area contributed by atoms with Gasteiger partial charge in [0.05, 0.1) is 19.5 Å². The average Bonchev–Trinajstić information content (AvgIpc) is 2.67. The third-order valence-electron chi connectivity index (χ3n) is 3.81. The molecule has 0 saturated carbocycles. The predicted molar refractivity (Wildman–Crippen MR) is 125 cm³/mol. The van der Waals surface area contributed by atoms with Crippen LogP contribution < -0.4 is 24.8 Å². The number of ether oxygens (including phenoxy) is 2. The minimum Gasteiger partial charge on any atom is -0.493 e. The Bertz CT molecular complexity index is 699. The van der Waals surface area contributed by atoms with Gasteiger partial charge < -0.3 is 20.1 Å². The maximum atomic E-state index is 11.4. The SMILES string of the molecule is CCOc1cc(CCCNC(=NC)NCCNS(=O)(=O)CC)ccc1OC.I. The van der Waals surface area contributed by atoms with E-state index in [1.807, 2.05) is 25.1 Å². The van der Waals surface area contributed by atoms with Crippen LogP contribution in [0.4, 0.5) is 0 Å². The molecule has 1 aromatic carbocycles. The fourth-order valence-corrected chi connectivity index (χ4v) is 2.97. The Kier molecular flexibility index (Phi) is 14.0. The van der Waals surface area contributed by atoms with Crippen LogP contribution in [-0.4, -0.2) is 60.5 Å². The molecule has 0 amide bonds. The first-order valence-corrected chi connectivity index (χ1v) is 10.8. The summed E-state index contributed by atoms with van der Waals surface area (Å²) in [4.78, 5) is 4.13. The van der Waals surface area contributed by atoms with Gasteiger partial charge in [-0.05, 0) is 44.4 Å². The summed E-state index contributed by atoms with van der Waals surface area (Å²) in [5.41, 5.74) is 1.18. The van der Waals surface area contributed by atoms with E-state index in [4.69, 9.17) is 9.47 Å². The molecule has 1 rings (SSSR count). The molecule has 0 atom stereocenters. The number of aliphatic imine (C=N–C) groups is 1. The maximum Gasteiger partial charge on any atom is 0.211 e. The summed E-state index contributed by atoms with van der Waals surface area (Å²) in [5, 5.41) is 6.30. The molecule has 0 aliphatic carbocycles. The molecule has 0 aliphatic heterocycles. The summed E-state index contributed by atoms with van der Waals surface area (Å²) in [6.45, 7) is 5.68. The second-order valence-corrected chi connectivity index (χ2v) is 7.84. The standard InChI is InChI=1S/C18H32N4O4S.HI/c1-5-26-17-14-15(9-10-16(17)25-4)8-7-11-20-18(19-3)21-12-13-22-27(23,24)6-2;/h9-10,14,22H,5-8,11-13H2,1-4H3,(H2,19,20,21);1H. The van der Waals surface area contributed by atoms with Gasteiger partial charge in [-0.25, -0.2) is 13.1 Å². The van der Waals surface area contributed by atoms with Crippen molar-refractivity contribution in [2.45, 2.75) is 26.7 Å². The first-order chi connectivity index (χ1) is 13.0. The van der Waals surface area contributed by atoms with Crippen molar-refractivity contribution < 1.29 is 17.9 Å². The fraction of sp³-hybridized carbons (Fsp3) is 0.611. The van der Waals surface area contributed by atoms with Crippen LogP contribution in [0.2, 0.25) is 0 Å². The summed E-state index contributed by atoms with van der Waals surface area (Å²) in [5.74, 6) is 2.23. The number of rotatable bonds is 12. The number of nitrogens with zero attached hydrogens (tertiary/aromatic N) is 1. The van der Waals surface area contributed by atoms with Crippen LogP contribution in [0.3, 0.4) is 0 Å². The molecule has 3 N–H and O–H groups in total. The quantitative estimate of drug-likeness (QED) is 0.166. The largest absolute Gasteiger partial charge is 0.493 e. The van der Waals surface area contributed by atoms with Gasteiger partial charge in [-0.3, -0.25) is 4.99 Å². The number of sulfonamides is 1. The molecule has 0 radical (unpaired) electrons. The summed E-state index contributed by atoms with van der Waals surface area (Å²) in [7, 11) is 0.158. The van der Waals surface area contributed by atoms with Crippen molar-refractivity contribution in [2.24, 2.45) is 4.99 Å². The fourth-order valence-electron chi connectivity index (χ4n) is 2.35. The van der Waals surface area contributed by atoms with E-state index in [0.29, 0.717) is 25.7 Å². The zero-order valence-electron chi connectivity index (χ0n) is 17.1. The van der Waals surface area contributed by atoms with E-state index in [1.54, 1.807) is 21.1 Å². The van der Waals surface area contributed by atoms with E-state index in [9.17, 15) is 8.42 Å². The maximum absolute atomic E-state index is 11.4. The molecule has 10 heteroatoms. The lowest BCUT2D eigenvalue weighted by Gasteiger charge is -2.13. The van der Waals surface area contributed by atoms with Gasteiger partial charge in [-0.2, -0.15) is 0 Å². The van der Waals surface area contributed by atoms with E-state index >= 15 is 0 Å². The summed E-state index contributed by atoms with van der Waals surface area (Å²) in [6.07, 6.45) is 1.81. The first-order valence-electron chi connectivity index (χ1n) is 9.17. The third-order valence-corrected chi connectivity index (χ3v) is 5.21. The number of guanidine groups is 1. The molecule has 28 heavy (non-hydrogen) atoms. The highest BCUT2D eigenvalue weighted by Crippen LogP contribution is 2.28. The first kappa shape index (κ1) is 26.7. The molecular weight excluding hydrogens is 495 g/mol. The molecule has 0 aromatic heterocycles. The van der Waals surface area contributed by atoms with Crippen molar-refractivity contribution in [3.05, 3.63) is 23.8 Å². The Labute approximate surface area is 185 Å². The van der Waals surface area contributed by atoms with E-state index in [2.05, 4.69) is 20.3 Å². The van der Waals surface area contributed by atoms with Gasteiger partial charge in [0.1, 0.15) is 0 Å². The molecule has 0 spiro atoms.